The lowest BCUT2D eigenvalue weighted by Crippen LogP contribution is -2.20. The van der Waals surface area contributed by atoms with Crippen molar-refractivity contribution < 1.29 is 14.1 Å². The average molecular weight is 291 g/mol. The van der Waals surface area contributed by atoms with E-state index in [4.69, 9.17) is 5.11 Å². The van der Waals surface area contributed by atoms with Crippen LogP contribution in [0.4, 0.5) is 0 Å². The summed E-state index contributed by atoms with van der Waals surface area (Å²) in [5.74, 6) is -0.796. The van der Waals surface area contributed by atoms with E-state index in [2.05, 4.69) is 0 Å². The molecule has 1 heterocycles. The van der Waals surface area contributed by atoms with Gasteiger partial charge in [-0.1, -0.05) is 12.1 Å². The second kappa shape index (κ2) is 6.29. The predicted octanol–water partition coefficient (Wildman–Crippen LogP) is 1.35. The Morgan fingerprint density at radius 1 is 1.20 bits per heavy atom. The summed E-state index contributed by atoms with van der Waals surface area (Å²) < 4.78 is 13.6. The van der Waals surface area contributed by atoms with E-state index in [1.165, 1.54) is 22.8 Å². The number of aryl methyl sites for hydroxylation is 1. The molecule has 1 unspecified atom stereocenters. The molecule has 20 heavy (non-hydrogen) atoms. The molecule has 1 N–H and O–H groups in total. The van der Waals surface area contributed by atoms with Gasteiger partial charge in [0, 0.05) is 29.5 Å². The van der Waals surface area contributed by atoms with Crippen molar-refractivity contribution in [2.45, 2.75) is 11.4 Å². The minimum atomic E-state index is -1.34. The number of aromatic carboxylic acids is 1. The van der Waals surface area contributed by atoms with E-state index in [0.29, 0.717) is 11.4 Å². The maximum atomic E-state index is 12.1. The van der Waals surface area contributed by atoms with E-state index in [-0.39, 0.29) is 16.9 Å². The van der Waals surface area contributed by atoms with Crippen molar-refractivity contribution in [3.63, 3.8) is 0 Å². The Bertz CT molecular complexity index is 708. The topological polar surface area (TPSA) is 76.4 Å². The maximum Gasteiger partial charge on any atom is 0.335 e. The molecule has 104 valence electrons. The standard InChI is InChI=1S/C14H13NO4S/c16-13-6-1-2-7-15(13)8-9-20(19)12-5-3-4-11(10-12)14(17)18/h1-7,10H,8-9H2,(H,17,18). The van der Waals surface area contributed by atoms with Crippen LogP contribution in [0.15, 0.2) is 58.4 Å². The van der Waals surface area contributed by atoms with Crippen molar-refractivity contribution in [3.05, 3.63) is 64.6 Å². The molecule has 0 radical (unpaired) electrons. The zero-order valence-electron chi connectivity index (χ0n) is 10.6. The van der Waals surface area contributed by atoms with E-state index in [9.17, 15) is 13.8 Å². The number of benzene rings is 1. The molecule has 0 aliphatic rings. The first-order chi connectivity index (χ1) is 9.58. The number of pyridine rings is 1. The highest BCUT2D eigenvalue weighted by molar-refractivity contribution is 7.85. The van der Waals surface area contributed by atoms with Crippen LogP contribution in [0.1, 0.15) is 10.4 Å². The molecule has 5 nitrogen and oxygen atoms in total. The van der Waals surface area contributed by atoms with Gasteiger partial charge in [-0.3, -0.25) is 9.00 Å². The fourth-order valence-corrected chi connectivity index (χ4v) is 2.80. The molecule has 1 atom stereocenters. The molecular formula is C14H13NO4S. The molecule has 0 bridgehead atoms. The number of carboxylic acids is 1. The van der Waals surface area contributed by atoms with Crippen LogP contribution < -0.4 is 5.56 Å². The van der Waals surface area contributed by atoms with Gasteiger partial charge < -0.3 is 9.67 Å². The Hall–Kier alpha value is -2.21. The maximum absolute atomic E-state index is 12.1. The number of aromatic nitrogens is 1. The van der Waals surface area contributed by atoms with Gasteiger partial charge in [0.2, 0.25) is 0 Å². The largest absolute Gasteiger partial charge is 0.478 e. The van der Waals surface area contributed by atoms with Crippen molar-refractivity contribution in [1.82, 2.24) is 4.57 Å². The minimum absolute atomic E-state index is 0.104. The highest BCUT2D eigenvalue weighted by Crippen LogP contribution is 2.10. The summed E-state index contributed by atoms with van der Waals surface area (Å²) in [5, 5.41) is 8.89. The Morgan fingerprint density at radius 3 is 2.70 bits per heavy atom. The summed E-state index contributed by atoms with van der Waals surface area (Å²) in [6, 6.07) is 10.8. The lowest BCUT2D eigenvalue weighted by atomic mass is 10.2. The first kappa shape index (κ1) is 14.2. The van der Waals surface area contributed by atoms with Crippen LogP contribution in [-0.2, 0) is 17.3 Å². The lowest BCUT2D eigenvalue weighted by molar-refractivity contribution is 0.0696. The fourth-order valence-electron chi connectivity index (χ4n) is 1.72. The van der Waals surface area contributed by atoms with Crippen LogP contribution in [0.2, 0.25) is 0 Å². The van der Waals surface area contributed by atoms with Crippen LogP contribution in [0.3, 0.4) is 0 Å². The second-order valence-corrected chi connectivity index (χ2v) is 5.69. The number of hydrogen-bond donors (Lipinski definition) is 1. The van der Waals surface area contributed by atoms with Crippen LogP contribution in [0.25, 0.3) is 0 Å². The van der Waals surface area contributed by atoms with Gasteiger partial charge in [-0.15, -0.1) is 0 Å². The van der Waals surface area contributed by atoms with Crippen molar-refractivity contribution in [2.24, 2.45) is 0 Å². The first-order valence-corrected chi connectivity index (χ1v) is 7.27. The van der Waals surface area contributed by atoms with Gasteiger partial charge in [-0.25, -0.2) is 4.79 Å². The molecule has 1 aromatic heterocycles. The van der Waals surface area contributed by atoms with Gasteiger partial charge in [0.15, 0.2) is 0 Å². The molecule has 6 heteroatoms. The molecule has 0 saturated carbocycles. The molecule has 2 rings (SSSR count). The van der Waals surface area contributed by atoms with Crippen molar-refractivity contribution in [3.8, 4) is 0 Å². The summed E-state index contributed by atoms with van der Waals surface area (Å²) >= 11 is 0. The van der Waals surface area contributed by atoms with Crippen LogP contribution in [0.5, 0.6) is 0 Å². The van der Waals surface area contributed by atoms with E-state index < -0.39 is 16.8 Å². The Balaban J connectivity index is 2.09. The van der Waals surface area contributed by atoms with Gasteiger partial charge in [0.1, 0.15) is 0 Å². The van der Waals surface area contributed by atoms with E-state index >= 15 is 0 Å². The average Bonchev–Trinajstić information content (AvgIpc) is 2.46. The molecule has 0 spiro atoms. The van der Waals surface area contributed by atoms with Crippen molar-refractivity contribution in [2.75, 3.05) is 5.75 Å². The normalized spacial score (nSPS) is 12.0. The quantitative estimate of drug-likeness (QED) is 0.902. The van der Waals surface area contributed by atoms with E-state index in [1.54, 1.807) is 30.5 Å². The molecule has 0 fully saturated rings. The van der Waals surface area contributed by atoms with Gasteiger partial charge >= 0.3 is 5.97 Å². The fraction of sp³-hybridized carbons (Fsp3) is 0.143. The third-order valence-electron chi connectivity index (χ3n) is 2.76. The highest BCUT2D eigenvalue weighted by atomic mass is 32.2. The minimum Gasteiger partial charge on any atom is -0.478 e. The van der Waals surface area contributed by atoms with Crippen LogP contribution in [0, 0.1) is 0 Å². The van der Waals surface area contributed by atoms with Crippen LogP contribution >= 0.6 is 0 Å². The van der Waals surface area contributed by atoms with Gasteiger partial charge in [0.25, 0.3) is 5.56 Å². The molecular weight excluding hydrogens is 278 g/mol. The van der Waals surface area contributed by atoms with E-state index in [1.807, 2.05) is 0 Å². The summed E-state index contributed by atoms with van der Waals surface area (Å²) in [5.41, 5.74) is -0.0449. The molecule has 0 amide bonds. The predicted molar refractivity (Wildman–Crippen MR) is 75.4 cm³/mol. The first-order valence-electron chi connectivity index (χ1n) is 5.95. The third kappa shape index (κ3) is 3.42. The van der Waals surface area contributed by atoms with Crippen molar-refractivity contribution >= 4 is 16.8 Å². The van der Waals surface area contributed by atoms with E-state index in [0.717, 1.165) is 0 Å². The summed E-state index contributed by atoms with van der Waals surface area (Å²) in [4.78, 5) is 22.8. The lowest BCUT2D eigenvalue weighted by Gasteiger charge is -2.06. The molecule has 0 saturated heterocycles. The zero-order valence-corrected chi connectivity index (χ0v) is 11.4. The van der Waals surface area contributed by atoms with Crippen molar-refractivity contribution in [1.29, 1.82) is 0 Å². The molecule has 2 aromatic rings. The SMILES string of the molecule is O=C(O)c1cccc(S(=O)CCn2ccccc2=O)c1. The highest BCUT2D eigenvalue weighted by Gasteiger charge is 2.08. The second-order valence-electron chi connectivity index (χ2n) is 4.11. The zero-order chi connectivity index (χ0) is 14.5. The number of hydrogen-bond acceptors (Lipinski definition) is 3. The summed E-state index contributed by atoms with van der Waals surface area (Å²) in [7, 11) is -1.34. The van der Waals surface area contributed by atoms with Gasteiger partial charge in [0.05, 0.1) is 16.4 Å². The molecule has 1 aromatic carbocycles. The number of nitrogens with zero attached hydrogens (tertiary/aromatic N) is 1. The monoisotopic (exact) mass is 291 g/mol. The summed E-state index contributed by atoms with van der Waals surface area (Å²) in [6.07, 6.45) is 1.63. The Kier molecular flexibility index (Phi) is 4.47. The number of carboxylic acid groups (broad SMARTS) is 1. The number of rotatable bonds is 5. The number of carbonyl (C=O) groups is 1. The smallest absolute Gasteiger partial charge is 0.335 e. The third-order valence-corrected chi connectivity index (χ3v) is 4.09. The van der Waals surface area contributed by atoms with Gasteiger partial charge in [-0.05, 0) is 24.3 Å². The van der Waals surface area contributed by atoms with Crippen LogP contribution in [-0.4, -0.2) is 25.6 Å². The summed E-state index contributed by atoms with van der Waals surface area (Å²) in [6.45, 7) is 0.323. The Labute approximate surface area is 118 Å². The Morgan fingerprint density at radius 2 is 2.00 bits per heavy atom. The molecule has 0 aliphatic carbocycles. The molecule has 0 aliphatic heterocycles. The van der Waals surface area contributed by atoms with Gasteiger partial charge in [-0.2, -0.15) is 0 Å².